The Morgan fingerprint density at radius 1 is 1.10 bits per heavy atom. The minimum Gasteiger partial charge on any atom is -0.466 e. The number of hydrogen-bond acceptors (Lipinski definition) is 3. The van der Waals surface area contributed by atoms with Crippen molar-refractivity contribution in [3.05, 3.63) is 35.9 Å². The lowest BCUT2D eigenvalue weighted by Crippen LogP contribution is -2.26. The molecule has 1 amide bonds. The SMILES string of the molecule is CCCCOC(=O)CCCC(=O)N(C)Cc1ccccc1. The van der Waals surface area contributed by atoms with E-state index in [4.69, 9.17) is 4.74 Å². The van der Waals surface area contributed by atoms with Gasteiger partial charge in [0, 0.05) is 26.4 Å². The lowest BCUT2D eigenvalue weighted by molar-refractivity contribution is -0.144. The van der Waals surface area contributed by atoms with E-state index in [9.17, 15) is 9.59 Å². The molecular weight excluding hydrogens is 266 g/mol. The lowest BCUT2D eigenvalue weighted by atomic mass is 10.2. The first-order valence-electron chi connectivity index (χ1n) is 7.57. The highest BCUT2D eigenvalue weighted by atomic mass is 16.5. The molecule has 0 aliphatic heterocycles. The summed E-state index contributed by atoms with van der Waals surface area (Å²) in [4.78, 5) is 25.1. The first-order chi connectivity index (χ1) is 10.1. The van der Waals surface area contributed by atoms with Crippen molar-refractivity contribution in [2.24, 2.45) is 0 Å². The third-order valence-electron chi connectivity index (χ3n) is 3.22. The number of nitrogens with zero attached hydrogens (tertiary/aromatic N) is 1. The van der Waals surface area contributed by atoms with Gasteiger partial charge in [0.2, 0.25) is 5.91 Å². The van der Waals surface area contributed by atoms with Gasteiger partial charge in [-0.1, -0.05) is 43.7 Å². The van der Waals surface area contributed by atoms with E-state index in [1.165, 1.54) is 0 Å². The highest BCUT2D eigenvalue weighted by Crippen LogP contribution is 2.06. The number of carbonyl (C=O) groups is 2. The van der Waals surface area contributed by atoms with Crippen LogP contribution in [0.25, 0.3) is 0 Å². The van der Waals surface area contributed by atoms with Gasteiger partial charge in [-0.3, -0.25) is 9.59 Å². The molecule has 21 heavy (non-hydrogen) atoms. The number of amides is 1. The van der Waals surface area contributed by atoms with Gasteiger partial charge in [0.1, 0.15) is 0 Å². The predicted octanol–water partition coefficient (Wildman–Crippen LogP) is 3.16. The molecule has 4 nitrogen and oxygen atoms in total. The maximum atomic E-state index is 12.0. The molecular formula is C17H25NO3. The quantitative estimate of drug-likeness (QED) is 0.518. The van der Waals surface area contributed by atoms with E-state index in [2.05, 4.69) is 6.92 Å². The van der Waals surface area contributed by atoms with Gasteiger partial charge in [-0.25, -0.2) is 0 Å². The Kier molecular flexibility index (Phi) is 8.17. The molecule has 0 N–H and O–H groups in total. The van der Waals surface area contributed by atoms with Gasteiger partial charge in [0.15, 0.2) is 0 Å². The zero-order valence-corrected chi connectivity index (χ0v) is 13.0. The Bertz CT molecular complexity index is 431. The Morgan fingerprint density at radius 3 is 2.48 bits per heavy atom. The van der Waals surface area contributed by atoms with Gasteiger partial charge >= 0.3 is 5.97 Å². The fraction of sp³-hybridized carbons (Fsp3) is 0.529. The van der Waals surface area contributed by atoms with Gasteiger partial charge < -0.3 is 9.64 Å². The minimum absolute atomic E-state index is 0.0558. The predicted molar refractivity (Wildman–Crippen MR) is 82.6 cm³/mol. The molecule has 1 aromatic carbocycles. The number of unbranched alkanes of at least 4 members (excludes halogenated alkanes) is 1. The molecule has 0 aliphatic rings. The molecule has 0 atom stereocenters. The normalized spacial score (nSPS) is 10.2. The van der Waals surface area contributed by atoms with E-state index >= 15 is 0 Å². The van der Waals surface area contributed by atoms with Crippen molar-refractivity contribution < 1.29 is 14.3 Å². The number of hydrogen-bond donors (Lipinski definition) is 0. The van der Waals surface area contributed by atoms with Gasteiger partial charge in [-0.05, 0) is 18.4 Å². The topological polar surface area (TPSA) is 46.6 Å². The van der Waals surface area contributed by atoms with Crippen molar-refractivity contribution in [3.63, 3.8) is 0 Å². The standard InChI is InChI=1S/C17H25NO3/c1-3-4-13-21-17(20)12-8-11-16(19)18(2)14-15-9-6-5-7-10-15/h5-7,9-10H,3-4,8,11-14H2,1-2H3. The molecule has 116 valence electrons. The first-order valence-corrected chi connectivity index (χ1v) is 7.57. The first kappa shape index (κ1) is 17.2. The molecule has 0 spiro atoms. The average Bonchev–Trinajstić information content (AvgIpc) is 2.48. The van der Waals surface area contributed by atoms with Gasteiger partial charge in [0.05, 0.1) is 6.61 Å². The van der Waals surface area contributed by atoms with E-state index in [0.717, 1.165) is 18.4 Å². The maximum absolute atomic E-state index is 12.0. The van der Waals surface area contributed by atoms with E-state index < -0.39 is 0 Å². The fourth-order valence-electron chi connectivity index (χ4n) is 1.92. The zero-order valence-electron chi connectivity index (χ0n) is 13.0. The smallest absolute Gasteiger partial charge is 0.305 e. The summed E-state index contributed by atoms with van der Waals surface area (Å²) in [7, 11) is 1.79. The average molecular weight is 291 g/mol. The molecule has 0 bridgehead atoms. The van der Waals surface area contributed by atoms with Crippen LogP contribution in [0.3, 0.4) is 0 Å². The van der Waals surface area contributed by atoms with Crippen LogP contribution >= 0.6 is 0 Å². The van der Waals surface area contributed by atoms with Gasteiger partial charge in [-0.15, -0.1) is 0 Å². The molecule has 0 radical (unpaired) electrons. The lowest BCUT2D eigenvalue weighted by Gasteiger charge is -2.17. The van der Waals surface area contributed by atoms with E-state index in [0.29, 0.717) is 32.4 Å². The third-order valence-corrected chi connectivity index (χ3v) is 3.22. The molecule has 0 unspecified atom stereocenters. The Hall–Kier alpha value is -1.84. The molecule has 4 heteroatoms. The molecule has 1 aromatic rings. The highest BCUT2D eigenvalue weighted by Gasteiger charge is 2.10. The number of rotatable bonds is 9. The van der Waals surface area contributed by atoms with Crippen LogP contribution in [-0.2, 0) is 20.9 Å². The molecule has 0 fully saturated rings. The van der Waals surface area contributed by atoms with Crippen molar-refractivity contribution in [2.45, 2.75) is 45.6 Å². The van der Waals surface area contributed by atoms with E-state index in [1.54, 1.807) is 11.9 Å². The second kappa shape index (κ2) is 9.97. The van der Waals surface area contributed by atoms with Crippen LogP contribution in [0.1, 0.15) is 44.6 Å². The van der Waals surface area contributed by atoms with E-state index in [-0.39, 0.29) is 11.9 Å². The monoisotopic (exact) mass is 291 g/mol. The molecule has 0 saturated heterocycles. The van der Waals surface area contributed by atoms with Gasteiger partial charge in [0.25, 0.3) is 0 Å². The van der Waals surface area contributed by atoms with Crippen LogP contribution in [-0.4, -0.2) is 30.4 Å². The second-order valence-corrected chi connectivity index (χ2v) is 5.16. The molecule has 0 aromatic heterocycles. The van der Waals surface area contributed by atoms with Crippen LogP contribution < -0.4 is 0 Å². The number of esters is 1. The highest BCUT2D eigenvalue weighted by molar-refractivity contribution is 5.77. The summed E-state index contributed by atoms with van der Waals surface area (Å²) in [5.74, 6) is -0.151. The Balaban J connectivity index is 2.19. The zero-order chi connectivity index (χ0) is 15.5. The van der Waals surface area contributed by atoms with Crippen LogP contribution in [0.15, 0.2) is 30.3 Å². The summed E-state index contributed by atoms with van der Waals surface area (Å²) >= 11 is 0. The molecule has 0 aliphatic carbocycles. The maximum Gasteiger partial charge on any atom is 0.305 e. The molecule has 0 heterocycles. The second-order valence-electron chi connectivity index (χ2n) is 5.16. The molecule has 1 rings (SSSR count). The third kappa shape index (κ3) is 7.49. The van der Waals surface area contributed by atoms with Crippen molar-refractivity contribution in [1.82, 2.24) is 4.90 Å². The van der Waals surface area contributed by atoms with Crippen LogP contribution in [0.2, 0.25) is 0 Å². The molecule has 0 saturated carbocycles. The Labute approximate surface area is 127 Å². The summed E-state index contributed by atoms with van der Waals surface area (Å²) in [6, 6.07) is 9.86. The van der Waals surface area contributed by atoms with Crippen LogP contribution in [0.5, 0.6) is 0 Å². The van der Waals surface area contributed by atoms with Crippen molar-refractivity contribution >= 4 is 11.9 Å². The number of benzene rings is 1. The summed E-state index contributed by atoms with van der Waals surface area (Å²) in [5.41, 5.74) is 1.10. The summed E-state index contributed by atoms with van der Waals surface area (Å²) in [5, 5.41) is 0. The minimum atomic E-state index is -0.207. The summed E-state index contributed by atoms with van der Waals surface area (Å²) < 4.78 is 5.06. The number of ether oxygens (including phenoxy) is 1. The summed E-state index contributed by atoms with van der Waals surface area (Å²) in [6.07, 6.45) is 3.14. The van der Waals surface area contributed by atoms with Crippen LogP contribution in [0.4, 0.5) is 0 Å². The van der Waals surface area contributed by atoms with Crippen molar-refractivity contribution in [1.29, 1.82) is 0 Å². The Morgan fingerprint density at radius 2 is 1.81 bits per heavy atom. The largest absolute Gasteiger partial charge is 0.466 e. The summed E-state index contributed by atoms with van der Waals surface area (Å²) in [6.45, 7) is 3.13. The number of carbonyl (C=O) groups excluding carboxylic acids is 2. The van der Waals surface area contributed by atoms with Crippen molar-refractivity contribution in [3.8, 4) is 0 Å². The fourth-order valence-corrected chi connectivity index (χ4v) is 1.92. The van der Waals surface area contributed by atoms with Gasteiger partial charge in [-0.2, -0.15) is 0 Å². The van der Waals surface area contributed by atoms with Crippen molar-refractivity contribution in [2.75, 3.05) is 13.7 Å². The van der Waals surface area contributed by atoms with Crippen LogP contribution in [0, 0.1) is 0 Å². The van der Waals surface area contributed by atoms with E-state index in [1.807, 2.05) is 30.3 Å².